The maximum atomic E-state index is 8.89. The molecule has 0 saturated heterocycles. The van der Waals surface area contributed by atoms with Gasteiger partial charge in [0.05, 0.1) is 29.7 Å². The molecule has 1 aromatic rings. The van der Waals surface area contributed by atoms with Gasteiger partial charge in [-0.15, -0.1) is 0 Å². The minimum Gasteiger partial charge on any atom is -0.355 e. The van der Waals surface area contributed by atoms with Crippen molar-refractivity contribution in [1.82, 2.24) is 0 Å². The van der Waals surface area contributed by atoms with E-state index in [0.717, 1.165) is 18.7 Å². The third-order valence-corrected chi connectivity index (χ3v) is 3.31. The Balaban J connectivity index is 2.40. The molecule has 1 atom stereocenters. The summed E-state index contributed by atoms with van der Waals surface area (Å²) >= 11 is 0. The Morgan fingerprint density at radius 1 is 1.44 bits per heavy atom. The van der Waals surface area contributed by atoms with E-state index in [1.807, 2.05) is 12.1 Å². The van der Waals surface area contributed by atoms with Crippen molar-refractivity contribution in [1.29, 1.82) is 5.26 Å². The molecule has 0 amide bonds. The van der Waals surface area contributed by atoms with E-state index in [9.17, 15) is 0 Å². The van der Waals surface area contributed by atoms with Crippen LogP contribution in [-0.4, -0.2) is 19.8 Å². The number of fused-ring (bicyclic) bond motifs is 1. The third-order valence-electron chi connectivity index (χ3n) is 3.31. The highest BCUT2D eigenvalue weighted by atomic mass is 15.4. The summed E-state index contributed by atoms with van der Waals surface area (Å²) in [4.78, 5) is 4.58. The minimum atomic E-state index is 0.539. The van der Waals surface area contributed by atoms with Gasteiger partial charge in [0.15, 0.2) is 0 Å². The lowest BCUT2D eigenvalue weighted by Gasteiger charge is -2.25. The second-order valence-corrected chi connectivity index (χ2v) is 4.38. The number of anilines is 2. The largest absolute Gasteiger partial charge is 0.355 e. The molecule has 84 valence electrons. The van der Waals surface area contributed by atoms with Gasteiger partial charge in [-0.2, -0.15) is 5.26 Å². The maximum absolute atomic E-state index is 8.89. The molecular weight excluding hydrogens is 198 g/mol. The van der Waals surface area contributed by atoms with Crippen LogP contribution >= 0.6 is 0 Å². The Kier molecular flexibility index (Phi) is 2.74. The quantitative estimate of drug-likeness (QED) is 0.759. The van der Waals surface area contributed by atoms with Crippen LogP contribution in [0.3, 0.4) is 0 Å². The molecule has 2 rings (SSSR count). The molecule has 0 saturated carbocycles. The molecule has 0 radical (unpaired) electrons. The van der Waals surface area contributed by atoms with Gasteiger partial charge in [-0.3, -0.25) is 0 Å². The van der Waals surface area contributed by atoms with Gasteiger partial charge in [0.2, 0.25) is 0 Å². The maximum Gasteiger partial charge on any atom is 0.0992 e. The molecule has 0 aromatic heterocycles. The molecule has 3 nitrogen and oxygen atoms in total. The molecule has 0 unspecified atom stereocenters. The van der Waals surface area contributed by atoms with Gasteiger partial charge < -0.3 is 9.80 Å². The predicted molar refractivity (Wildman–Crippen MR) is 66.7 cm³/mol. The standard InChI is InChI=1S/C13H17N3/c1-4-10(2)16-9-15(3)13-7-11(8-14)5-6-12(13)16/h5-7,10H,4,9H2,1-3H3/t10-/m1/s1. The van der Waals surface area contributed by atoms with Gasteiger partial charge in [0, 0.05) is 13.1 Å². The second-order valence-electron chi connectivity index (χ2n) is 4.38. The lowest BCUT2D eigenvalue weighted by molar-refractivity contribution is 0.631. The van der Waals surface area contributed by atoms with Crippen LogP contribution in [0.4, 0.5) is 11.4 Å². The van der Waals surface area contributed by atoms with Crippen molar-refractivity contribution in [3.63, 3.8) is 0 Å². The molecular formula is C13H17N3. The van der Waals surface area contributed by atoms with E-state index in [-0.39, 0.29) is 0 Å². The van der Waals surface area contributed by atoms with E-state index < -0.39 is 0 Å². The molecule has 0 N–H and O–H groups in total. The molecule has 1 aliphatic rings. The fourth-order valence-corrected chi connectivity index (χ4v) is 2.12. The van der Waals surface area contributed by atoms with Crippen molar-refractivity contribution < 1.29 is 0 Å². The van der Waals surface area contributed by atoms with Crippen LogP contribution in [0.15, 0.2) is 18.2 Å². The summed E-state index contributed by atoms with van der Waals surface area (Å²) in [6.45, 7) is 5.35. The van der Waals surface area contributed by atoms with Crippen LogP contribution in [0.25, 0.3) is 0 Å². The van der Waals surface area contributed by atoms with Crippen LogP contribution in [0, 0.1) is 11.3 Å². The number of nitriles is 1. The molecule has 1 aliphatic heterocycles. The highest BCUT2D eigenvalue weighted by molar-refractivity contribution is 5.77. The smallest absolute Gasteiger partial charge is 0.0992 e. The Hall–Kier alpha value is -1.69. The van der Waals surface area contributed by atoms with E-state index in [2.05, 4.69) is 42.8 Å². The van der Waals surface area contributed by atoms with Crippen LogP contribution in [0.2, 0.25) is 0 Å². The van der Waals surface area contributed by atoms with E-state index in [1.165, 1.54) is 11.4 Å². The van der Waals surface area contributed by atoms with Crippen molar-refractivity contribution >= 4 is 11.4 Å². The molecule has 1 aromatic carbocycles. The van der Waals surface area contributed by atoms with Crippen molar-refractivity contribution in [2.45, 2.75) is 26.3 Å². The SMILES string of the molecule is CC[C@@H](C)N1CN(C)c2cc(C#N)ccc21. The van der Waals surface area contributed by atoms with Crippen molar-refractivity contribution in [3.8, 4) is 6.07 Å². The zero-order chi connectivity index (χ0) is 11.7. The summed E-state index contributed by atoms with van der Waals surface area (Å²) in [5, 5.41) is 8.89. The predicted octanol–water partition coefficient (Wildman–Crippen LogP) is 2.57. The zero-order valence-electron chi connectivity index (χ0n) is 10.1. The van der Waals surface area contributed by atoms with Crippen LogP contribution < -0.4 is 9.80 Å². The Morgan fingerprint density at radius 2 is 2.19 bits per heavy atom. The fourth-order valence-electron chi connectivity index (χ4n) is 2.12. The van der Waals surface area contributed by atoms with Gasteiger partial charge in [0.1, 0.15) is 0 Å². The summed E-state index contributed by atoms with van der Waals surface area (Å²) in [5.74, 6) is 0. The van der Waals surface area contributed by atoms with Crippen molar-refractivity contribution in [2.75, 3.05) is 23.5 Å². The first-order valence-electron chi connectivity index (χ1n) is 5.69. The van der Waals surface area contributed by atoms with Crippen molar-refractivity contribution in [3.05, 3.63) is 23.8 Å². The molecule has 0 spiro atoms. The lowest BCUT2D eigenvalue weighted by Crippen LogP contribution is -2.35. The number of nitrogens with zero attached hydrogens (tertiary/aromatic N) is 3. The molecule has 0 aliphatic carbocycles. The molecule has 0 fully saturated rings. The number of benzene rings is 1. The average Bonchev–Trinajstić information content (AvgIpc) is 2.65. The zero-order valence-corrected chi connectivity index (χ0v) is 10.1. The molecule has 0 bridgehead atoms. The summed E-state index contributed by atoms with van der Waals surface area (Å²) in [6.07, 6.45) is 1.13. The van der Waals surface area contributed by atoms with Gasteiger partial charge in [-0.05, 0) is 31.5 Å². The summed E-state index contributed by atoms with van der Waals surface area (Å²) in [5.41, 5.74) is 3.15. The first-order valence-corrected chi connectivity index (χ1v) is 5.69. The van der Waals surface area contributed by atoms with Gasteiger partial charge >= 0.3 is 0 Å². The molecule has 1 heterocycles. The molecule has 16 heavy (non-hydrogen) atoms. The Morgan fingerprint density at radius 3 is 2.81 bits per heavy atom. The van der Waals surface area contributed by atoms with Gasteiger partial charge in [-0.1, -0.05) is 6.92 Å². The van der Waals surface area contributed by atoms with Crippen molar-refractivity contribution in [2.24, 2.45) is 0 Å². The number of hydrogen-bond donors (Lipinski definition) is 0. The molecule has 3 heteroatoms. The monoisotopic (exact) mass is 215 g/mol. The van der Waals surface area contributed by atoms with Crippen LogP contribution in [0.1, 0.15) is 25.8 Å². The second kappa shape index (κ2) is 4.05. The number of rotatable bonds is 2. The Labute approximate surface area is 96.9 Å². The summed E-state index contributed by atoms with van der Waals surface area (Å²) < 4.78 is 0. The van der Waals surface area contributed by atoms with E-state index in [0.29, 0.717) is 6.04 Å². The first kappa shape index (κ1) is 10.8. The first-order chi connectivity index (χ1) is 7.67. The van der Waals surface area contributed by atoms with Gasteiger partial charge in [0.25, 0.3) is 0 Å². The average molecular weight is 215 g/mol. The summed E-state index contributed by atoms with van der Waals surface area (Å²) in [7, 11) is 2.07. The normalized spacial score (nSPS) is 15.9. The van der Waals surface area contributed by atoms with E-state index in [4.69, 9.17) is 5.26 Å². The Bertz CT molecular complexity index is 433. The summed E-state index contributed by atoms with van der Waals surface area (Å²) in [6, 6.07) is 8.65. The fraction of sp³-hybridized carbons (Fsp3) is 0.462. The number of hydrogen-bond acceptors (Lipinski definition) is 3. The van der Waals surface area contributed by atoms with Crippen LogP contribution in [-0.2, 0) is 0 Å². The van der Waals surface area contributed by atoms with E-state index in [1.54, 1.807) is 0 Å². The highest BCUT2D eigenvalue weighted by Gasteiger charge is 2.26. The lowest BCUT2D eigenvalue weighted by atomic mass is 10.1. The minimum absolute atomic E-state index is 0.539. The highest BCUT2D eigenvalue weighted by Crippen LogP contribution is 2.37. The van der Waals surface area contributed by atoms with Gasteiger partial charge in [-0.25, -0.2) is 0 Å². The van der Waals surface area contributed by atoms with E-state index >= 15 is 0 Å². The topological polar surface area (TPSA) is 30.3 Å². The van der Waals surface area contributed by atoms with Crippen LogP contribution in [0.5, 0.6) is 0 Å². The third kappa shape index (κ3) is 1.61.